The first-order valence-electron chi connectivity index (χ1n) is 8.64. The molecule has 0 amide bonds. The Morgan fingerprint density at radius 1 is 0.556 bits per heavy atom. The molecule has 0 fully saturated rings. The Morgan fingerprint density at radius 2 is 0.815 bits per heavy atom. The van der Waals surface area contributed by atoms with E-state index in [0.29, 0.717) is 0 Å². The molecule has 138 valence electrons. The summed E-state index contributed by atoms with van der Waals surface area (Å²) in [5.74, 6) is 4.61. The number of rotatable bonds is 7. The molecule has 3 nitrogen and oxygen atoms in total. The van der Waals surface area contributed by atoms with Crippen LogP contribution in [0, 0.1) is 0 Å². The van der Waals surface area contributed by atoms with Crippen molar-refractivity contribution in [2.75, 3.05) is 21.3 Å². The summed E-state index contributed by atoms with van der Waals surface area (Å²) < 4.78 is 16.0. The van der Waals surface area contributed by atoms with Gasteiger partial charge in [-0.15, -0.1) is 0 Å². The van der Waals surface area contributed by atoms with Gasteiger partial charge in [0.15, 0.2) is 0 Å². The molecule has 27 heavy (non-hydrogen) atoms. The smallest absolute Gasteiger partial charge is 0.136 e. The summed E-state index contributed by atoms with van der Waals surface area (Å²) >= 11 is 0. The monoisotopic (exact) mass is 379 g/mol. The Hall–Kier alpha value is -2.77. The third-order valence-electron chi connectivity index (χ3n) is 4.71. The van der Waals surface area contributed by atoms with Gasteiger partial charge in [-0.1, -0.05) is 6.58 Å². The molecular formula is C23H24O3P+. The number of hydrogen-bond acceptors (Lipinski definition) is 3. The van der Waals surface area contributed by atoms with Crippen molar-refractivity contribution >= 4 is 23.2 Å². The van der Waals surface area contributed by atoms with Gasteiger partial charge in [0.1, 0.15) is 40.4 Å². The lowest BCUT2D eigenvalue weighted by Crippen LogP contribution is -2.29. The number of hydrogen-bond donors (Lipinski definition) is 0. The molecule has 0 radical (unpaired) electrons. The van der Waals surface area contributed by atoms with Crippen LogP contribution in [-0.4, -0.2) is 21.3 Å². The van der Waals surface area contributed by atoms with E-state index in [1.165, 1.54) is 15.9 Å². The summed E-state index contributed by atoms with van der Waals surface area (Å²) in [5.41, 5.74) is 0. The Morgan fingerprint density at radius 3 is 1.00 bits per heavy atom. The molecule has 0 aliphatic heterocycles. The number of benzene rings is 3. The highest BCUT2D eigenvalue weighted by molar-refractivity contribution is 7.98. The quantitative estimate of drug-likeness (QED) is 0.577. The maximum Gasteiger partial charge on any atom is 0.136 e. The molecule has 3 rings (SSSR count). The van der Waals surface area contributed by atoms with Crippen molar-refractivity contribution in [3.8, 4) is 17.2 Å². The molecule has 0 bridgehead atoms. The fourth-order valence-corrected chi connectivity index (χ4v) is 6.60. The van der Waals surface area contributed by atoms with E-state index in [-0.39, 0.29) is 0 Å². The molecule has 0 unspecified atom stereocenters. The molecule has 4 heteroatoms. The topological polar surface area (TPSA) is 27.7 Å². The molecule has 3 aromatic rings. The zero-order valence-electron chi connectivity index (χ0n) is 15.9. The molecule has 0 N–H and O–H groups in total. The average Bonchev–Trinajstić information content (AvgIpc) is 2.76. The summed E-state index contributed by atoms with van der Waals surface area (Å²) in [6.45, 7) is 4.25. The van der Waals surface area contributed by atoms with Gasteiger partial charge >= 0.3 is 0 Å². The molecule has 3 aromatic carbocycles. The summed E-state index contributed by atoms with van der Waals surface area (Å²) in [4.78, 5) is 0. The predicted molar refractivity (Wildman–Crippen MR) is 115 cm³/mol. The van der Waals surface area contributed by atoms with Gasteiger partial charge < -0.3 is 14.2 Å². The second-order valence-electron chi connectivity index (χ2n) is 6.00. The Balaban J connectivity index is 2.22. The van der Waals surface area contributed by atoms with Gasteiger partial charge in [0.05, 0.1) is 27.1 Å². The van der Waals surface area contributed by atoms with Crippen LogP contribution < -0.4 is 30.1 Å². The van der Waals surface area contributed by atoms with E-state index >= 15 is 0 Å². The minimum absolute atomic E-state index is 0.838. The van der Waals surface area contributed by atoms with Crippen LogP contribution in [0.4, 0.5) is 0 Å². The highest BCUT2D eigenvalue weighted by Crippen LogP contribution is 2.56. The minimum Gasteiger partial charge on any atom is -0.497 e. The molecule has 0 spiro atoms. The Labute approximate surface area is 161 Å². The van der Waals surface area contributed by atoms with Crippen LogP contribution in [0.5, 0.6) is 17.2 Å². The van der Waals surface area contributed by atoms with Gasteiger partial charge in [-0.3, -0.25) is 0 Å². The summed E-state index contributed by atoms with van der Waals surface area (Å²) in [5, 5.41) is 3.65. The van der Waals surface area contributed by atoms with Crippen molar-refractivity contribution in [3.05, 3.63) is 85.2 Å². The van der Waals surface area contributed by atoms with Crippen molar-refractivity contribution in [2.45, 2.75) is 0 Å². The van der Waals surface area contributed by atoms with Crippen molar-refractivity contribution < 1.29 is 14.2 Å². The van der Waals surface area contributed by atoms with E-state index in [4.69, 9.17) is 14.2 Å². The van der Waals surface area contributed by atoms with Gasteiger partial charge in [0.25, 0.3) is 0 Å². The fraction of sp³-hybridized carbons (Fsp3) is 0.130. The molecule has 0 aromatic heterocycles. The molecule has 0 saturated carbocycles. The lowest BCUT2D eigenvalue weighted by atomic mass is 10.3. The van der Waals surface area contributed by atoms with E-state index in [9.17, 15) is 0 Å². The lowest BCUT2D eigenvalue weighted by molar-refractivity contribution is 0.415. The van der Waals surface area contributed by atoms with E-state index < -0.39 is 7.26 Å². The van der Waals surface area contributed by atoms with E-state index in [0.717, 1.165) is 17.2 Å². The molecule has 0 aliphatic carbocycles. The standard InChI is InChI=1S/C23H24O3P/c1-5-27(21-12-6-18(24-2)7-13-21,22-14-8-19(25-3)9-15-22)23-16-10-20(26-4)11-17-23/h5-17H,1H2,2-4H3/q+1. The van der Waals surface area contributed by atoms with Crippen molar-refractivity contribution in [3.63, 3.8) is 0 Å². The van der Waals surface area contributed by atoms with E-state index in [1.807, 2.05) is 36.4 Å². The third kappa shape index (κ3) is 3.56. The van der Waals surface area contributed by atoms with Gasteiger partial charge in [-0.05, 0) is 72.8 Å². The lowest BCUT2D eigenvalue weighted by Gasteiger charge is -2.24. The van der Waals surface area contributed by atoms with Crippen LogP contribution in [-0.2, 0) is 0 Å². The van der Waals surface area contributed by atoms with Gasteiger partial charge in [-0.2, -0.15) is 0 Å². The van der Waals surface area contributed by atoms with Gasteiger partial charge in [0.2, 0.25) is 0 Å². The van der Waals surface area contributed by atoms with Crippen LogP contribution in [0.25, 0.3) is 0 Å². The summed E-state index contributed by atoms with van der Waals surface area (Å²) in [7, 11) is 3.01. The SMILES string of the molecule is C=C[P+](c1ccc(OC)cc1)(c1ccc(OC)cc1)c1ccc(OC)cc1. The van der Waals surface area contributed by atoms with Crippen molar-refractivity contribution in [2.24, 2.45) is 0 Å². The molecule has 0 heterocycles. The number of ether oxygens (including phenoxy) is 3. The Bertz CT molecular complexity index is 769. The van der Waals surface area contributed by atoms with Gasteiger partial charge in [0, 0.05) is 0 Å². The molecule has 0 atom stereocenters. The highest BCUT2D eigenvalue weighted by Gasteiger charge is 2.43. The first-order chi connectivity index (χ1) is 13.2. The maximum absolute atomic E-state index is 5.34. The summed E-state index contributed by atoms with van der Waals surface area (Å²) in [6, 6.07) is 24.8. The van der Waals surface area contributed by atoms with Crippen LogP contribution in [0.15, 0.2) is 85.2 Å². The largest absolute Gasteiger partial charge is 0.497 e. The van der Waals surface area contributed by atoms with Crippen molar-refractivity contribution in [1.29, 1.82) is 0 Å². The van der Waals surface area contributed by atoms with Crippen LogP contribution in [0.3, 0.4) is 0 Å². The van der Waals surface area contributed by atoms with Gasteiger partial charge in [-0.25, -0.2) is 0 Å². The van der Waals surface area contributed by atoms with Crippen molar-refractivity contribution in [1.82, 2.24) is 0 Å². The maximum atomic E-state index is 5.34. The predicted octanol–water partition coefficient (Wildman–Crippen LogP) is 4.15. The van der Waals surface area contributed by atoms with Crippen LogP contribution in [0.1, 0.15) is 0 Å². The average molecular weight is 379 g/mol. The zero-order chi connectivity index (χ0) is 19.3. The number of methoxy groups -OCH3 is 3. The molecular weight excluding hydrogens is 355 g/mol. The van der Waals surface area contributed by atoms with Crippen LogP contribution in [0.2, 0.25) is 0 Å². The molecule has 0 aliphatic rings. The minimum atomic E-state index is -2.03. The zero-order valence-corrected chi connectivity index (χ0v) is 16.8. The highest BCUT2D eigenvalue weighted by atomic mass is 31.2. The summed E-state index contributed by atoms with van der Waals surface area (Å²) in [6.07, 6.45) is 0. The Kier molecular flexibility index (Phi) is 5.83. The van der Waals surface area contributed by atoms with E-state index in [1.54, 1.807) is 21.3 Å². The second kappa shape index (κ2) is 8.28. The molecule has 0 saturated heterocycles. The third-order valence-corrected chi connectivity index (χ3v) is 8.60. The second-order valence-corrected chi connectivity index (χ2v) is 9.36. The van der Waals surface area contributed by atoms with Crippen LogP contribution >= 0.6 is 7.26 Å². The first-order valence-corrected chi connectivity index (χ1v) is 10.5. The normalized spacial score (nSPS) is 10.9. The first kappa shape index (κ1) is 19.0. The fourth-order valence-electron chi connectivity index (χ4n) is 3.22. The van der Waals surface area contributed by atoms with E-state index in [2.05, 4.69) is 48.8 Å².